The van der Waals surface area contributed by atoms with Crippen LogP contribution in [-0.2, 0) is 33.3 Å². The van der Waals surface area contributed by atoms with Gasteiger partial charge in [-0.25, -0.2) is 0 Å². The number of esters is 3. The van der Waals surface area contributed by atoms with E-state index in [9.17, 15) is 14.4 Å². The van der Waals surface area contributed by atoms with E-state index in [-0.39, 0.29) is 6.61 Å². The van der Waals surface area contributed by atoms with Crippen molar-refractivity contribution in [1.29, 1.82) is 0 Å². The molecule has 0 saturated carbocycles. The van der Waals surface area contributed by atoms with Crippen LogP contribution < -0.4 is 4.74 Å². The minimum Gasteiger partial charge on any atom is -0.463 e. The molecule has 1 aromatic carbocycles. The molecule has 8 nitrogen and oxygen atoms in total. The predicted octanol–water partition coefficient (Wildman–Crippen LogP) is 1.22. The van der Waals surface area contributed by atoms with Crippen molar-refractivity contribution < 1.29 is 38.1 Å². The zero-order valence-electron chi connectivity index (χ0n) is 14.2. The van der Waals surface area contributed by atoms with Crippen LogP contribution in [0.3, 0.4) is 0 Å². The largest absolute Gasteiger partial charge is 0.463 e. The minimum absolute atomic E-state index is 0.167. The van der Waals surface area contributed by atoms with Crippen LogP contribution in [0.5, 0.6) is 5.75 Å². The van der Waals surface area contributed by atoms with Crippen molar-refractivity contribution in [3.63, 3.8) is 0 Å². The summed E-state index contributed by atoms with van der Waals surface area (Å²) in [6.45, 7) is 3.53. The molecule has 1 heterocycles. The van der Waals surface area contributed by atoms with Crippen LogP contribution in [0, 0.1) is 0 Å². The fourth-order valence-electron chi connectivity index (χ4n) is 2.40. The number of hydrogen-bond acceptors (Lipinski definition) is 8. The summed E-state index contributed by atoms with van der Waals surface area (Å²) in [6, 6.07) is 8.76. The van der Waals surface area contributed by atoms with E-state index in [1.54, 1.807) is 24.3 Å². The highest BCUT2D eigenvalue weighted by Gasteiger charge is 2.51. The molecule has 1 aromatic rings. The molecule has 0 radical (unpaired) electrons. The van der Waals surface area contributed by atoms with Gasteiger partial charge in [0.05, 0.1) is 0 Å². The number of hydrogen-bond donors (Lipinski definition) is 0. The molecule has 0 amide bonds. The van der Waals surface area contributed by atoms with E-state index in [1.807, 2.05) is 6.07 Å². The Morgan fingerprint density at radius 3 is 2.08 bits per heavy atom. The van der Waals surface area contributed by atoms with Gasteiger partial charge >= 0.3 is 17.9 Å². The molecule has 25 heavy (non-hydrogen) atoms. The summed E-state index contributed by atoms with van der Waals surface area (Å²) in [4.78, 5) is 33.9. The van der Waals surface area contributed by atoms with Gasteiger partial charge in [0.1, 0.15) is 18.5 Å². The second-order valence-corrected chi connectivity index (χ2v) is 5.42. The zero-order chi connectivity index (χ0) is 18.4. The Balaban J connectivity index is 2.21. The topological polar surface area (TPSA) is 97.4 Å². The predicted molar refractivity (Wildman–Crippen MR) is 83.5 cm³/mol. The molecule has 2 rings (SSSR count). The van der Waals surface area contributed by atoms with Gasteiger partial charge in [0.15, 0.2) is 6.10 Å². The van der Waals surface area contributed by atoms with Crippen LogP contribution >= 0.6 is 0 Å². The number of ether oxygens (including phenoxy) is 5. The minimum atomic E-state index is -1.02. The van der Waals surface area contributed by atoms with Gasteiger partial charge in [-0.05, 0) is 12.1 Å². The molecule has 0 unspecified atom stereocenters. The first-order chi connectivity index (χ1) is 11.9. The maximum Gasteiger partial charge on any atom is 0.303 e. The molecule has 136 valence electrons. The smallest absolute Gasteiger partial charge is 0.303 e. The maximum atomic E-state index is 11.4. The third-order valence-electron chi connectivity index (χ3n) is 3.32. The van der Waals surface area contributed by atoms with Gasteiger partial charge in [-0.1, -0.05) is 18.2 Å². The van der Waals surface area contributed by atoms with E-state index in [0.717, 1.165) is 0 Å². The average Bonchev–Trinajstić information content (AvgIpc) is 2.82. The molecule has 1 aliphatic heterocycles. The van der Waals surface area contributed by atoms with Crippen molar-refractivity contribution in [3.05, 3.63) is 30.3 Å². The summed E-state index contributed by atoms with van der Waals surface area (Å²) in [7, 11) is 0. The van der Waals surface area contributed by atoms with Crippen molar-refractivity contribution in [3.8, 4) is 5.75 Å². The number of benzene rings is 1. The Bertz CT molecular complexity index is 614. The van der Waals surface area contributed by atoms with Gasteiger partial charge in [0.25, 0.3) is 0 Å². The van der Waals surface area contributed by atoms with Crippen molar-refractivity contribution in [1.82, 2.24) is 0 Å². The second-order valence-electron chi connectivity index (χ2n) is 5.42. The Hall–Kier alpha value is -2.61. The lowest BCUT2D eigenvalue weighted by atomic mass is 10.1. The molecule has 1 saturated heterocycles. The molecule has 1 fully saturated rings. The van der Waals surface area contributed by atoms with Crippen molar-refractivity contribution in [2.45, 2.75) is 45.4 Å². The Morgan fingerprint density at radius 1 is 0.920 bits per heavy atom. The van der Waals surface area contributed by atoms with Crippen LogP contribution in [0.4, 0.5) is 0 Å². The van der Waals surface area contributed by atoms with Crippen molar-refractivity contribution in [2.24, 2.45) is 0 Å². The van der Waals surface area contributed by atoms with Crippen LogP contribution in [0.15, 0.2) is 30.3 Å². The molecule has 0 N–H and O–H groups in total. The highest BCUT2D eigenvalue weighted by Crippen LogP contribution is 2.29. The van der Waals surface area contributed by atoms with Gasteiger partial charge in [-0.3, -0.25) is 14.4 Å². The third kappa shape index (κ3) is 5.46. The summed E-state index contributed by atoms with van der Waals surface area (Å²) in [5, 5.41) is 0. The first kappa shape index (κ1) is 18.7. The number of para-hydroxylation sites is 1. The van der Waals surface area contributed by atoms with Crippen LogP contribution in [0.1, 0.15) is 20.8 Å². The van der Waals surface area contributed by atoms with E-state index < -0.39 is 42.5 Å². The summed E-state index contributed by atoms with van der Waals surface area (Å²) >= 11 is 0. The number of carbonyl (C=O) groups is 3. The normalized spacial score (nSPS) is 25.1. The van der Waals surface area contributed by atoms with Gasteiger partial charge in [-0.15, -0.1) is 0 Å². The number of rotatable bonds is 6. The highest BCUT2D eigenvalue weighted by atomic mass is 16.7. The monoisotopic (exact) mass is 352 g/mol. The fourth-order valence-corrected chi connectivity index (χ4v) is 2.40. The molecule has 0 aliphatic carbocycles. The number of carbonyl (C=O) groups excluding carboxylic acids is 3. The summed E-state index contributed by atoms with van der Waals surface area (Å²) in [5.41, 5.74) is 0. The van der Waals surface area contributed by atoms with E-state index >= 15 is 0 Å². The molecule has 4 atom stereocenters. The van der Waals surface area contributed by atoms with Crippen LogP contribution in [0.2, 0.25) is 0 Å². The van der Waals surface area contributed by atoms with Gasteiger partial charge in [0.2, 0.25) is 12.4 Å². The SMILES string of the molecule is CC(=O)OC[C@H]1O[C@@H](Oc2ccccc2)[C@@H](OC(C)=O)[C@H]1OC(C)=O. The van der Waals surface area contributed by atoms with Crippen LogP contribution in [-0.4, -0.2) is 49.1 Å². The molecule has 0 bridgehead atoms. The molecular formula is C17H20O8. The second kappa shape index (κ2) is 8.48. The quantitative estimate of drug-likeness (QED) is 0.557. The Morgan fingerprint density at radius 2 is 1.52 bits per heavy atom. The molecule has 1 aliphatic rings. The van der Waals surface area contributed by atoms with Crippen molar-refractivity contribution >= 4 is 17.9 Å². The Kier molecular flexibility index (Phi) is 6.35. The molecular weight excluding hydrogens is 332 g/mol. The average molecular weight is 352 g/mol. The lowest BCUT2D eigenvalue weighted by molar-refractivity contribution is -0.170. The first-order valence-electron chi connectivity index (χ1n) is 7.71. The van der Waals surface area contributed by atoms with E-state index in [2.05, 4.69) is 0 Å². The van der Waals surface area contributed by atoms with E-state index in [0.29, 0.717) is 5.75 Å². The lowest BCUT2D eigenvalue weighted by Gasteiger charge is -2.23. The Labute approximate surface area is 144 Å². The standard InChI is InChI=1S/C17H20O8/c1-10(18)21-9-14-15(22-11(2)19)16(23-12(3)20)17(25-14)24-13-7-5-4-6-8-13/h4-8,14-17H,9H2,1-3H3/t14-,15+,16+,17-/m1/s1. The first-order valence-corrected chi connectivity index (χ1v) is 7.71. The maximum absolute atomic E-state index is 11.4. The zero-order valence-corrected chi connectivity index (χ0v) is 14.2. The van der Waals surface area contributed by atoms with Gasteiger partial charge < -0.3 is 23.7 Å². The van der Waals surface area contributed by atoms with E-state index in [1.165, 1.54) is 20.8 Å². The van der Waals surface area contributed by atoms with Crippen molar-refractivity contribution in [2.75, 3.05) is 6.61 Å². The third-order valence-corrected chi connectivity index (χ3v) is 3.32. The van der Waals surface area contributed by atoms with Crippen LogP contribution in [0.25, 0.3) is 0 Å². The van der Waals surface area contributed by atoms with Gasteiger partial charge in [0, 0.05) is 20.8 Å². The fraction of sp³-hybridized carbons (Fsp3) is 0.471. The lowest BCUT2D eigenvalue weighted by Crippen LogP contribution is -2.42. The molecule has 8 heteroatoms. The molecule has 0 aromatic heterocycles. The molecule has 0 spiro atoms. The summed E-state index contributed by atoms with van der Waals surface area (Å²) in [6.07, 6.45) is -3.81. The highest BCUT2D eigenvalue weighted by molar-refractivity contribution is 5.68. The summed E-state index contributed by atoms with van der Waals surface area (Å²) < 4.78 is 26.8. The van der Waals surface area contributed by atoms with E-state index in [4.69, 9.17) is 23.7 Å². The summed E-state index contributed by atoms with van der Waals surface area (Å²) in [5.74, 6) is -1.19. The van der Waals surface area contributed by atoms with Gasteiger partial charge in [-0.2, -0.15) is 0 Å².